The molecule has 0 saturated carbocycles. The van der Waals surface area contributed by atoms with E-state index in [0.717, 1.165) is 32.7 Å². The molecule has 1 N–H and O–H groups in total. The quantitative estimate of drug-likeness (QED) is 0.812. The molecule has 1 saturated heterocycles. The number of hydrogen-bond acceptors (Lipinski definition) is 5. The first-order valence-corrected chi connectivity index (χ1v) is 9.13. The standard InChI is InChI=1S/C21H26N2O4/c1-25-19-5-3-4-18(20(19)26-2)21(24)22-11-10-16-6-8-17(9-7-16)23-12-14-27-15-13-23/h3-9H,10-15H2,1-2H3,(H,22,24). The molecule has 0 spiro atoms. The van der Waals surface area contributed by atoms with Crippen LogP contribution in [0.5, 0.6) is 11.5 Å². The first kappa shape index (κ1) is 19.0. The van der Waals surface area contributed by atoms with Crippen molar-refractivity contribution >= 4 is 11.6 Å². The fourth-order valence-electron chi connectivity index (χ4n) is 3.18. The number of hydrogen-bond donors (Lipinski definition) is 1. The van der Waals surface area contributed by atoms with Crippen molar-refractivity contribution in [1.29, 1.82) is 0 Å². The van der Waals surface area contributed by atoms with Gasteiger partial charge in [-0.25, -0.2) is 0 Å². The van der Waals surface area contributed by atoms with E-state index in [-0.39, 0.29) is 5.91 Å². The van der Waals surface area contributed by atoms with E-state index < -0.39 is 0 Å². The fraction of sp³-hybridized carbons (Fsp3) is 0.381. The number of benzene rings is 2. The number of amides is 1. The Morgan fingerprint density at radius 1 is 1.07 bits per heavy atom. The highest BCUT2D eigenvalue weighted by molar-refractivity contribution is 5.97. The zero-order valence-corrected chi connectivity index (χ0v) is 15.9. The smallest absolute Gasteiger partial charge is 0.255 e. The number of rotatable bonds is 7. The second-order valence-corrected chi connectivity index (χ2v) is 6.31. The van der Waals surface area contributed by atoms with E-state index in [0.29, 0.717) is 23.6 Å². The highest BCUT2D eigenvalue weighted by Crippen LogP contribution is 2.30. The summed E-state index contributed by atoms with van der Waals surface area (Å²) in [6.07, 6.45) is 0.765. The fourth-order valence-corrected chi connectivity index (χ4v) is 3.18. The SMILES string of the molecule is COc1cccc(C(=O)NCCc2ccc(N3CCOCC3)cc2)c1OC. The summed E-state index contributed by atoms with van der Waals surface area (Å²) in [6.45, 7) is 3.97. The molecule has 2 aromatic carbocycles. The third-order valence-corrected chi connectivity index (χ3v) is 4.66. The third kappa shape index (κ3) is 4.71. The maximum Gasteiger partial charge on any atom is 0.255 e. The molecule has 1 aliphatic heterocycles. The van der Waals surface area contributed by atoms with Crippen molar-refractivity contribution in [2.24, 2.45) is 0 Å². The lowest BCUT2D eigenvalue weighted by Gasteiger charge is -2.28. The number of morpholine rings is 1. The van der Waals surface area contributed by atoms with Crippen LogP contribution in [0.2, 0.25) is 0 Å². The van der Waals surface area contributed by atoms with Crippen LogP contribution in [0.25, 0.3) is 0 Å². The summed E-state index contributed by atoms with van der Waals surface area (Å²) >= 11 is 0. The summed E-state index contributed by atoms with van der Waals surface area (Å²) in [4.78, 5) is 14.8. The third-order valence-electron chi connectivity index (χ3n) is 4.66. The Kier molecular flexibility index (Phi) is 6.54. The minimum Gasteiger partial charge on any atom is -0.493 e. The van der Waals surface area contributed by atoms with Gasteiger partial charge in [-0.1, -0.05) is 18.2 Å². The van der Waals surface area contributed by atoms with Crippen molar-refractivity contribution < 1.29 is 19.0 Å². The first-order chi connectivity index (χ1) is 13.2. The zero-order chi connectivity index (χ0) is 19.1. The topological polar surface area (TPSA) is 60.0 Å². The van der Waals surface area contributed by atoms with Crippen molar-refractivity contribution in [3.8, 4) is 11.5 Å². The lowest BCUT2D eigenvalue weighted by molar-refractivity contribution is 0.0950. The first-order valence-electron chi connectivity index (χ1n) is 9.13. The molecular weight excluding hydrogens is 344 g/mol. The van der Waals surface area contributed by atoms with Gasteiger partial charge in [0.2, 0.25) is 0 Å². The van der Waals surface area contributed by atoms with Gasteiger partial charge in [-0.15, -0.1) is 0 Å². The normalized spacial score (nSPS) is 13.9. The van der Waals surface area contributed by atoms with Crippen LogP contribution in [-0.2, 0) is 11.2 Å². The minimum absolute atomic E-state index is 0.171. The molecule has 2 aromatic rings. The van der Waals surface area contributed by atoms with Gasteiger partial charge in [0.1, 0.15) is 0 Å². The van der Waals surface area contributed by atoms with E-state index in [1.807, 2.05) is 0 Å². The molecule has 0 bridgehead atoms. The second-order valence-electron chi connectivity index (χ2n) is 6.31. The number of carbonyl (C=O) groups excluding carboxylic acids is 1. The Balaban J connectivity index is 1.54. The average Bonchev–Trinajstić information content (AvgIpc) is 2.74. The Hall–Kier alpha value is -2.73. The van der Waals surface area contributed by atoms with Crippen LogP contribution in [0.1, 0.15) is 15.9 Å². The van der Waals surface area contributed by atoms with Crippen LogP contribution in [0.3, 0.4) is 0 Å². The summed E-state index contributed by atoms with van der Waals surface area (Å²) < 4.78 is 16.0. The van der Waals surface area contributed by atoms with Crippen LogP contribution in [-0.4, -0.2) is 53.0 Å². The van der Waals surface area contributed by atoms with Crippen LogP contribution < -0.4 is 19.7 Å². The largest absolute Gasteiger partial charge is 0.493 e. The molecule has 0 radical (unpaired) electrons. The Bertz CT molecular complexity index is 755. The highest BCUT2D eigenvalue weighted by Gasteiger charge is 2.16. The van der Waals surface area contributed by atoms with E-state index >= 15 is 0 Å². The summed E-state index contributed by atoms with van der Waals surface area (Å²) in [6, 6.07) is 13.8. The molecule has 0 aromatic heterocycles. The molecule has 0 unspecified atom stereocenters. The summed E-state index contributed by atoms with van der Waals surface area (Å²) in [5.41, 5.74) is 2.87. The molecule has 3 rings (SSSR count). The van der Waals surface area contributed by atoms with Crippen molar-refractivity contribution in [2.75, 3.05) is 52.0 Å². The van der Waals surface area contributed by atoms with Crippen LogP contribution >= 0.6 is 0 Å². The monoisotopic (exact) mass is 370 g/mol. The lowest BCUT2D eigenvalue weighted by atomic mass is 10.1. The molecule has 144 valence electrons. The van der Waals surface area contributed by atoms with E-state index in [9.17, 15) is 4.79 Å². The second kappa shape index (κ2) is 9.28. The Labute approximate surface area is 160 Å². The van der Waals surface area contributed by atoms with Gasteiger partial charge in [0.05, 0.1) is 33.0 Å². The van der Waals surface area contributed by atoms with Crippen molar-refractivity contribution in [1.82, 2.24) is 5.32 Å². The molecule has 27 heavy (non-hydrogen) atoms. The number of nitrogens with one attached hydrogen (secondary N) is 1. The maximum absolute atomic E-state index is 12.5. The minimum atomic E-state index is -0.171. The van der Waals surface area contributed by atoms with E-state index in [2.05, 4.69) is 34.5 Å². The molecule has 0 atom stereocenters. The molecule has 1 amide bonds. The van der Waals surface area contributed by atoms with Crippen LogP contribution in [0.4, 0.5) is 5.69 Å². The average molecular weight is 370 g/mol. The van der Waals surface area contributed by atoms with Gasteiger partial charge >= 0.3 is 0 Å². The van der Waals surface area contributed by atoms with Crippen molar-refractivity contribution in [3.63, 3.8) is 0 Å². The number of carbonyl (C=O) groups is 1. The molecular formula is C21H26N2O4. The van der Waals surface area contributed by atoms with Gasteiger partial charge in [0, 0.05) is 25.3 Å². The predicted octanol–water partition coefficient (Wildman–Crippen LogP) is 2.51. The number of ether oxygens (including phenoxy) is 3. The number of methoxy groups -OCH3 is 2. The van der Waals surface area contributed by atoms with Gasteiger partial charge < -0.3 is 24.4 Å². The van der Waals surface area contributed by atoms with Gasteiger partial charge in [0.15, 0.2) is 11.5 Å². The van der Waals surface area contributed by atoms with Gasteiger partial charge in [0.25, 0.3) is 5.91 Å². The predicted molar refractivity (Wildman–Crippen MR) is 105 cm³/mol. The maximum atomic E-state index is 12.5. The van der Waals surface area contributed by atoms with Crippen molar-refractivity contribution in [3.05, 3.63) is 53.6 Å². The molecule has 6 heteroatoms. The number of para-hydroxylation sites is 1. The number of anilines is 1. The number of nitrogens with zero attached hydrogens (tertiary/aromatic N) is 1. The highest BCUT2D eigenvalue weighted by atomic mass is 16.5. The molecule has 1 aliphatic rings. The van der Waals surface area contributed by atoms with Gasteiger partial charge in [-0.2, -0.15) is 0 Å². The van der Waals surface area contributed by atoms with Gasteiger partial charge in [-0.05, 0) is 36.2 Å². The molecule has 6 nitrogen and oxygen atoms in total. The Morgan fingerprint density at radius 2 is 1.81 bits per heavy atom. The van der Waals surface area contributed by atoms with Crippen LogP contribution in [0.15, 0.2) is 42.5 Å². The lowest BCUT2D eigenvalue weighted by Crippen LogP contribution is -2.36. The summed E-state index contributed by atoms with van der Waals surface area (Å²) in [7, 11) is 3.09. The van der Waals surface area contributed by atoms with Crippen LogP contribution in [0, 0.1) is 0 Å². The molecule has 1 heterocycles. The summed E-state index contributed by atoms with van der Waals surface area (Å²) in [5.74, 6) is 0.826. The Morgan fingerprint density at radius 3 is 2.48 bits per heavy atom. The summed E-state index contributed by atoms with van der Waals surface area (Å²) in [5, 5.41) is 2.95. The van der Waals surface area contributed by atoms with E-state index in [1.54, 1.807) is 25.3 Å². The molecule has 1 fully saturated rings. The van der Waals surface area contributed by atoms with E-state index in [1.165, 1.54) is 18.4 Å². The van der Waals surface area contributed by atoms with E-state index in [4.69, 9.17) is 14.2 Å². The zero-order valence-electron chi connectivity index (χ0n) is 15.9. The van der Waals surface area contributed by atoms with Gasteiger partial charge in [-0.3, -0.25) is 4.79 Å². The molecule has 0 aliphatic carbocycles. The van der Waals surface area contributed by atoms with Crippen molar-refractivity contribution in [2.45, 2.75) is 6.42 Å².